The number of rotatable bonds is 13. The fraction of sp³-hybridized carbons (Fsp3) is 0.333. The molecule has 6 heteroatoms. The Balaban J connectivity index is 1.85. The molecular weight excluding hydrogens is 455 g/mol. The molecule has 190 valence electrons. The molecule has 1 atom stereocenters. The van der Waals surface area contributed by atoms with E-state index >= 15 is 0 Å². The number of carbonyl (C=O) groups excluding carboxylic acids is 2. The van der Waals surface area contributed by atoms with Crippen LogP contribution in [-0.2, 0) is 29.0 Å². The predicted molar refractivity (Wildman–Crippen MR) is 140 cm³/mol. The Morgan fingerprint density at radius 3 is 2.19 bits per heavy atom. The summed E-state index contributed by atoms with van der Waals surface area (Å²) in [6.07, 6.45) is 3.08. The summed E-state index contributed by atoms with van der Waals surface area (Å²) < 4.78 is 19.3. The number of ether oxygens (including phenoxy) is 1. The molecule has 0 aliphatic heterocycles. The summed E-state index contributed by atoms with van der Waals surface area (Å²) >= 11 is 0. The number of benzene rings is 3. The van der Waals surface area contributed by atoms with E-state index in [1.807, 2.05) is 54.6 Å². The second-order valence-corrected chi connectivity index (χ2v) is 8.78. The third-order valence-electron chi connectivity index (χ3n) is 6.06. The molecule has 0 saturated carbocycles. The fourth-order valence-corrected chi connectivity index (χ4v) is 3.90. The molecule has 0 radical (unpaired) electrons. The van der Waals surface area contributed by atoms with Gasteiger partial charge >= 0.3 is 0 Å². The van der Waals surface area contributed by atoms with Crippen molar-refractivity contribution < 1.29 is 18.7 Å². The number of nitrogens with zero attached hydrogens (tertiary/aromatic N) is 1. The third-order valence-corrected chi connectivity index (χ3v) is 6.06. The standard InChI is InChI=1S/C30H35FN2O3/c1-3-5-19-32-30(35)28(20-24-9-7-6-8-10-24)33(21-25-11-15-26(31)16-12-25)29(34)22-36-27-17-13-23(4-2)14-18-27/h6-18,28H,3-5,19-22H2,1-2H3,(H,32,35)/t28-/m1/s1. The van der Waals surface area contributed by atoms with Crippen molar-refractivity contribution in [3.63, 3.8) is 0 Å². The van der Waals surface area contributed by atoms with Gasteiger partial charge in [-0.2, -0.15) is 0 Å². The molecule has 1 N–H and O–H groups in total. The van der Waals surface area contributed by atoms with Crippen LogP contribution in [0.2, 0.25) is 0 Å². The number of hydrogen-bond donors (Lipinski definition) is 1. The van der Waals surface area contributed by atoms with Crippen molar-refractivity contribution in [2.75, 3.05) is 13.2 Å². The van der Waals surface area contributed by atoms with E-state index in [2.05, 4.69) is 19.2 Å². The Hall–Kier alpha value is -3.67. The first-order valence-corrected chi connectivity index (χ1v) is 12.6. The van der Waals surface area contributed by atoms with Crippen LogP contribution in [0, 0.1) is 5.82 Å². The first kappa shape index (κ1) is 26.9. The summed E-state index contributed by atoms with van der Waals surface area (Å²) in [5.41, 5.74) is 2.86. The first-order chi connectivity index (χ1) is 17.5. The molecular formula is C30H35FN2O3. The van der Waals surface area contributed by atoms with Gasteiger partial charge in [0.15, 0.2) is 6.61 Å². The Kier molecular flexibility index (Phi) is 10.5. The zero-order chi connectivity index (χ0) is 25.8. The fourth-order valence-electron chi connectivity index (χ4n) is 3.90. The van der Waals surface area contributed by atoms with E-state index in [0.717, 1.165) is 30.4 Å². The van der Waals surface area contributed by atoms with Gasteiger partial charge < -0.3 is 15.0 Å². The molecule has 3 aromatic carbocycles. The second kappa shape index (κ2) is 14.0. The minimum absolute atomic E-state index is 0.163. The van der Waals surface area contributed by atoms with Crippen molar-refractivity contribution in [1.82, 2.24) is 10.2 Å². The number of hydrogen-bond acceptors (Lipinski definition) is 3. The van der Waals surface area contributed by atoms with E-state index < -0.39 is 6.04 Å². The molecule has 0 spiro atoms. The number of amides is 2. The number of unbranched alkanes of at least 4 members (excludes halogenated alkanes) is 1. The molecule has 36 heavy (non-hydrogen) atoms. The number of aryl methyl sites for hydroxylation is 1. The van der Waals surface area contributed by atoms with Crippen LogP contribution in [0.5, 0.6) is 5.75 Å². The maximum absolute atomic E-state index is 13.5. The highest BCUT2D eigenvalue weighted by Crippen LogP contribution is 2.17. The topological polar surface area (TPSA) is 58.6 Å². The van der Waals surface area contributed by atoms with Crippen LogP contribution in [0.3, 0.4) is 0 Å². The minimum Gasteiger partial charge on any atom is -0.484 e. The van der Waals surface area contributed by atoms with E-state index in [0.29, 0.717) is 18.7 Å². The van der Waals surface area contributed by atoms with Crippen molar-refractivity contribution >= 4 is 11.8 Å². The lowest BCUT2D eigenvalue weighted by Crippen LogP contribution is -2.51. The summed E-state index contributed by atoms with van der Waals surface area (Å²) in [6, 6.07) is 22.5. The molecule has 0 saturated heterocycles. The third kappa shape index (κ3) is 8.22. The zero-order valence-corrected chi connectivity index (χ0v) is 21.1. The van der Waals surface area contributed by atoms with Crippen LogP contribution in [0.25, 0.3) is 0 Å². The van der Waals surface area contributed by atoms with Gasteiger partial charge in [0.05, 0.1) is 0 Å². The molecule has 2 amide bonds. The maximum atomic E-state index is 13.5. The van der Waals surface area contributed by atoms with Gasteiger partial charge in [-0.15, -0.1) is 0 Å². The quantitative estimate of drug-likeness (QED) is 0.330. The molecule has 0 aromatic heterocycles. The van der Waals surface area contributed by atoms with Crippen LogP contribution in [0.4, 0.5) is 4.39 Å². The average molecular weight is 491 g/mol. The van der Waals surface area contributed by atoms with Gasteiger partial charge in [0.25, 0.3) is 5.91 Å². The van der Waals surface area contributed by atoms with E-state index in [1.54, 1.807) is 17.0 Å². The van der Waals surface area contributed by atoms with Crippen LogP contribution in [0.15, 0.2) is 78.9 Å². The second-order valence-electron chi connectivity index (χ2n) is 8.78. The molecule has 0 aliphatic rings. The molecule has 0 bridgehead atoms. The molecule has 0 heterocycles. The van der Waals surface area contributed by atoms with E-state index in [9.17, 15) is 14.0 Å². The van der Waals surface area contributed by atoms with Crippen LogP contribution >= 0.6 is 0 Å². The van der Waals surface area contributed by atoms with E-state index in [4.69, 9.17) is 4.74 Å². The molecule has 0 fully saturated rings. The Morgan fingerprint density at radius 2 is 1.56 bits per heavy atom. The van der Waals surface area contributed by atoms with Gasteiger partial charge in [0, 0.05) is 19.5 Å². The molecule has 3 aromatic rings. The summed E-state index contributed by atoms with van der Waals surface area (Å²) in [6.45, 7) is 4.63. The van der Waals surface area contributed by atoms with Crippen molar-refractivity contribution in [1.29, 1.82) is 0 Å². The smallest absolute Gasteiger partial charge is 0.261 e. The Bertz CT molecular complexity index is 1090. The Morgan fingerprint density at radius 1 is 0.889 bits per heavy atom. The lowest BCUT2D eigenvalue weighted by atomic mass is 10.0. The van der Waals surface area contributed by atoms with Crippen LogP contribution < -0.4 is 10.1 Å². The van der Waals surface area contributed by atoms with Crippen molar-refractivity contribution in [3.8, 4) is 5.75 Å². The predicted octanol–water partition coefficient (Wildman–Crippen LogP) is 5.32. The Labute approximate surface area is 213 Å². The van der Waals surface area contributed by atoms with Crippen molar-refractivity contribution in [3.05, 3.63) is 101 Å². The highest BCUT2D eigenvalue weighted by atomic mass is 19.1. The van der Waals surface area contributed by atoms with Gasteiger partial charge in [-0.1, -0.05) is 74.9 Å². The lowest BCUT2D eigenvalue weighted by molar-refractivity contribution is -0.142. The first-order valence-electron chi connectivity index (χ1n) is 12.6. The summed E-state index contributed by atoms with van der Waals surface area (Å²) in [4.78, 5) is 28.4. The average Bonchev–Trinajstić information content (AvgIpc) is 2.91. The van der Waals surface area contributed by atoms with Gasteiger partial charge in [-0.25, -0.2) is 4.39 Å². The summed E-state index contributed by atoms with van der Waals surface area (Å²) in [5.74, 6) is -0.288. The monoisotopic (exact) mass is 490 g/mol. The highest BCUT2D eigenvalue weighted by molar-refractivity contribution is 5.88. The zero-order valence-electron chi connectivity index (χ0n) is 21.1. The number of halogens is 1. The molecule has 0 aliphatic carbocycles. The molecule has 5 nitrogen and oxygen atoms in total. The van der Waals surface area contributed by atoms with E-state index in [-0.39, 0.29) is 30.8 Å². The van der Waals surface area contributed by atoms with Gasteiger partial charge in [-0.05, 0) is 53.8 Å². The normalized spacial score (nSPS) is 11.5. The molecule has 0 unspecified atom stereocenters. The van der Waals surface area contributed by atoms with E-state index in [1.165, 1.54) is 17.7 Å². The number of nitrogens with one attached hydrogen (secondary N) is 1. The largest absolute Gasteiger partial charge is 0.484 e. The minimum atomic E-state index is -0.743. The maximum Gasteiger partial charge on any atom is 0.261 e. The van der Waals surface area contributed by atoms with Gasteiger partial charge in [0.1, 0.15) is 17.6 Å². The summed E-state index contributed by atoms with van der Waals surface area (Å²) in [7, 11) is 0. The lowest BCUT2D eigenvalue weighted by Gasteiger charge is -2.31. The highest BCUT2D eigenvalue weighted by Gasteiger charge is 2.30. The summed E-state index contributed by atoms with van der Waals surface area (Å²) in [5, 5.41) is 2.99. The van der Waals surface area contributed by atoms with Gasteiger partial charge in [0.2, 0.25) is 5.91 Å². The van der Waals surface area contributed by atoms with Crippen molar-refractivity contribution in [2.24, 2.45) is 0 Å². The SMILES string of the molecule is CCCCNC(=O)[C@@H](Cc1ccccc1)N(Cc1ccc(F)cc1)C(=O)COc1ccc(CC)cc1. The number of carbonyl (C=O) groups is 2. The van der Waals surface area contributed by atoms with Gasteiger partial charge in [-0.3, -0.25) is 9.59 Å². The van der Waals surface area contributed by atoms with Crippen LogP contribution in [0.1, 0.15) is 43.4 Å². The van der Waals surface area contributed by atoms with Crippen molar-refractivity contribution in [2.45, 2.75) is 52.1 Å². The molecule has 3 rings (SSSR count). The van der Waals surface area contributed by atoms with Crippen LogP contribution in [-0.4, -0.2) is 35.9 Å².